The van der Waals surface area contributed by atoms with Crippen LogP contribution in [0.3, 0.4) is 0 Å². The Kier molecular flexibility index (Phi) is 5.86. The lowest BCUT2D eigenvalue weighted by Crippen LogP contribution is -2.22. The zero-order valence-electron chi connectivity index (χ0n) is 12.7. The van der Waals surface area contributed by atoms with Gasteiger partial charge in [-0.3, -0.25) is 4.68 Å². The van der Waals surface area contributed by atoms with E-state index < -0.39 is 0 Å². The Labute approximate surface area is 112 Å². The predicted octanol–water partition coefficient (Wildman–Crippen LogP) is 2.94. The molecule has 104 valence electrons. The monoisotopic (exact) mass is 251 g/mol. The molecule has 2 N–H and O–H groups in total. The van der Waals surface area contributed by atoms with Crippen molar-refractivity contribution in [1.29, 1.82) is 0 Å². The van der Waals surface area contributed by atoms with Crippen molar-refractivity contribution < 1.29 is 0 Å². The minimum absolute atomic E-state index is 0.261. The standard InChI is InChI=1S/C15H29N3/c1-6-12(16)9-13-14(7-2)17-18(10-11(4)5)15(13)8-3/h11-12H,6-10,16H2,1-5H3. The Bertz CT molecular complexity index is 366. The Balaban J connectivity index is 3.08. The first-order chi connectivity index (χ1) is 8.53. The molecule has 0 aliphatic rings. The van der Waals surface area contributed by atoms with Gasteiger partial charge in [0.15, 0.2) is 0 Å². The first kappa shape index (κ1) is 15.2. The Hall–Kier alpha value is -0.830. The average Bonchev–Trinajstić information content (AvgIpc) is 2.65. The van der Waals surface area contributed by atoms with Crippen molar-refractivity contribution in [2.24, 2.45) is 11.7 Å². The minimum atomic E-state index is 0.261. The van der Waals surface area contributed by atoms with E-state index in [1.54, 1.807) is 0 Å². The lowest BCUT2D eigenvalue weighted by molar-refractivity contribution is 0.466. The van der Waals surface area contributed by atoms with Crippen LogP contribution in [0.4, 0.5) is 0 Å². The quantitative estimate of drug-likeness (QED) is 0.809. The summed E-state index contributed by atoms with van der Waals surface area (Å²) < 4.78 is 2.21. The Morgan fingerprint density at radius 1 is 1.17 bits per heavy atom. The Morgan fingerprint density at radius 2 is 1.83 bits per heavy atom. The molecule has 1 atom stereocenters. The molecule has 3 nitrogen and oxygen atoms in total. The molecule has 3 heteroatoms. The molecule has 0 amide bonds. The van der Waals surface area contributed by atoms with Gasteiger partial charge in [0, 0.05) is 18.3 Å². The lowest BCUT2D eigenvalue weighted by atomic mass is 10.00. The maximum Gasteiger partial charge on any atom is 0.0657 e. The maximum absolute atomic E-state index is 6.13. The average molecular weight is 251 g/mol. The van der Waals surface area contributed by atoms with Gasteiger partial charge in [0.25, 0.3) is 0 Å². The molecule has 1 rings (SSSR count). The molecule has 0 aliphatic heterocycles. The number of nitrogens with zero attached hydrogens (tertiary/aromatic N) is 2. The third kappa shape index (κ3) is 3.58. The molecule has 0 fully saturated rings. The first-order valence-corrected chi connectivity index (χ1v) is 7.36. The molecule has 18 heavy (non-hydrogen) atoms. The minimum Gasteiger partial charge on any atom is -0.327 e. The van der Waals surface area contributed by atoms with Crippen molar-refractivity contribution in [1.82, 2.24) is 9.78 Å². The first-order valence-electron chi connectivity index (χ1n) is 7.36. The van der Waals surface area contributed by atoms with E-state index in [0.717, 1.165) is 32.2 Å². The number of aromatic nitrogens is 2. The summed E-state index contributed by atoms with van der Waals surface area (Å²) in [6, 6.07) is 0.261. The molecular weight excluding hydrogens is 222 g/mol. The molecule has 1 heterocycles. The number of aryl methyl sites for hydroxylation is 1. The van der Waals surface area contributed by atoms with Gasteiger partial charge >= 0.3 is 0 Å². The molecule has 0 aliphatic carbocycles. The van der Waals surface area contributed by atoms with E-state index in [1.807, 2.05) is 0 Å². The third-order valence-corrected chi connectivity index (χ3v) is 3.45. The normalized spacial score (nSPS) is 13.3. The van der Waals surface area contributed by atoms with Crippen molar-refractivity contribution in [2.75, 3.05) is 0 Å². The number of hydrogen-bond acceptors (Lipinski definition) is 2. The van der Waals surface area contributed by atoms with Crippen molar-refractivity contribution in [2.45, 2.75) is 72.9 Å². The fraction of sp³-hybridized carbons (Fsp3) is 0.800. The largest absolute Gasteiger partial charge is 0.327 e. The SMILES string of the molecule is CCc1nn(CC(C)C)c(CC)c1CC(N)CC. The summed E-state index contributed by atoms with van der Waals surface area (Å²) in [6.07, 6.45) is 4.05. The van der Waals surface area contributed by atoms with Crippen molar-refractivity contribution in [3.05, 3.63) is 17.0 Å². The van der Waals surface area contributed by atoms with Gasteiger partial charge in [-0.25, -0.2) is 0 Å². The summed E-state index contributed by atoms with van der Waals surface area (Å²) in [5, 5.41) is 4.79. The predicted molar refractivity (Wildman–Crippen MR) is 77.8 cm³/mol. The fourth-order valence-corrected chi connectivity index (χ4v) is 2.41. The topological polar surface area (TPSA) is 43.8 Å². The number of nitrogens with two attached hydrogens (primary N) is 1. The molecule has 0 spiro atoms. The van der Waals surface area contributed by atoms with Crippen LogP contribution in [0.5, 0.6) is 0 Å². The maximum atomic E-state index is 6.13. The fourth-order valence-electron chi connectivity index (χ4n) is 2.41. The highest BCUT2D eigenvalue weighted by molar-refractivity contribution is 5.28. The molecule has 0 saturated heterocycles. The van der Waals surface area contributed by atoms with Crippen LogP contribution in [0.15, 0.2) is 0 Å². The zero-order valence-corrected chi connectivity index (χ0v) is 12.7. The van der Waals surface area contributed by atoms with Gasteiger partial charge in [0.1, 0.15) is 0 Å². The molecule has 1 unspecified atom stereocenters. The summed E-state index contributed by atoms with van der Waals surface area (Å²) in [5.74, 6) is 0.632. The Morgan fingerprint density at radius 3 is 2.28 bits per heavy atom. The molecule has 1 aromatic heterocycles. The molecule has 0 radical (unpaired) electrons. The van der Waals surface area contributed by atoms with E-state index in [-0.39, 0.29) is 6.04 Å². The third-order valence-electron chi connectivity index (χ3n) is 3.45. The number of rotatable bonds is 7. The van der Waals surface area contributed by atoms with E-state index >= 15 is 0 Å². The summed E-state index contributed by atoms with van der Waals surface area (Å²) in [6.45, 7) is 12.0. The second kappa shape index (κ2) is 6.93. The van der Waals surface area contributed by atoms with Gasteiger partial charge in [-0.05, 0) is 37.2 Å². The second-order valence-corrected chi connectivity index (χ2v) is 5.53. The highest BCUT2D eigenvalue weighted by atomic mass is 15.3. The highest BCUT2D eigenvalue weighted by Crippen LogP contribution is 2.19. The smallest absolute Gasteiger partial charge is 0.0657 e. The van der Waals surface area contributed by atoms with Crippen LogP contribution in [0.25, 0.3) is 0 Å². The van der Waals surface area contributed by atoms with Crippen LogP contribution in [0, 0.1) is 5.92 Å². The molecular formula is C15H29N3. The van der Waals surface area contributed by atoms with E-state index in [2.05, 4.69) is 39.3 Å². The summed E-state index contributed by atoms with van der Waals surface area (Å²) in [4.78, 5) is 0. The van der Waals surface area contributed by atoms with Crippen LogP contribution in [0.1, 0.15) is 58.0 Å². The summed E-state index contributed by atoms with van der Waals surface area (Å²) >= 11 is 0. The van der Waals surface area contributed by atoms with Crippen molar-refractivity contribution in [3.63, 3.8) is 0 Å². The van der Waals surface area contributed by atoms with E-state index in [0.29, 0.717) is 5.92 Å². The van der Waals surface area contributed by atoms with E-state index in [9.17, 15) is 0 Å². The van der Waals surface area contributed by atoms with Gasteiger partial charge in [-0.1, -0.05) is 34.6 Å². The van der Waals surface area contributed by atoms with Gasteiger partial charge < -0.3 is 5.73 Å². The van der Waals surface area contributed by atoms with E-state index in [4.69, 9.17) is 10.8 Å². The summed E-state index contributed by atoms with van der Waals surface area (Å²) in [7, 11) is 0. The molecule has 0 aromatic carbocycles. The van der Waals surface area contributed by atoms with Crippen LogP contribution in [-0.4, -0.2) is 15.8 Å². The molecule has 1 aromatic rings. The van der Waals surface area contributed by atoms with Crippen LogP contribution in [-0.2, 0) is 25.8 Å². The van der Waals surface area contributed by atoms with Crippen molar-refractivity contribution in [3.8, 4) is 0 Å². The van der Waals surface area contributed by atoms with Crippen LogP contribution >= 0.6 is 0 Å². The van der Waals surface area contributed by atoms with Crippen molar-refractivity contribution >= 4 is 0 Å². The zero-order chi connectivity index (χ0) is 13.7. The number of hydrogen-bond donors (Lipinski definition) is 1. The van der Waals surface area contributed by atoms with Gasteiger partial charge in [0.05, 0.1) is 5.69 Å². The van der Waals surface area contributed by atoms with Crippen LogP contribution in [0.2, 0.25) is 0 Å². The van der Waals surface area contributed by atoms with Crippen LogP contribution < -0.4 is 5.73 Å². The van der Waals surface area contributed by atoms with E-state index in [1.165, 1.54) is 17.0 Å². The second-order valence-electron chi connectivity index (χ2n) is 5.53. The lowest BCUT2D eigenvalue weighted by Gasteiger charge is -2.12. The van der Waals surface area contributed by atoms with Gasteiger partial charge in [-0.2, -0.15) is 5.10 Å². The molecule has 0 bridgehead atoms. The van der Waals surface area contributed by atoms with Gasteiger partial charge in [0.2, 0.25) is 0 Å². The molecule has 0 saturated carbocycles. The van der Waals surface area contributed by atoms with Gasteiger partial charge in [-0.15, -0.1) is 0 Å². The summed E-state index contributed by atoms with van der Waals surface area (Å²) in [5.41, 5.74) is 10.2. The highest BCUT2D eigenvalue weighted by Gasteiger charge is 2.17.